The van der Waals surface area contributed by atoms with Gasteiger partial charge >= 0.3 is 0 Å². The van der Waals surface area contributed by atoms with Crippen molar-refractivity contribution >= 4 is 0 Å². The van der Waals surface area contributed by atoms with Crippen LogP contribution in [0.1, 0.15) is 31.9 Å². The van der Waals surface area contributed by atoms with Gasteiger partial charge in [0.1, 0.15) is 11.5 Å². The molecule has 1 N–H and O–H groups in total. The molecule has 1 fully saturated rings. The van der Waals surface area contributed by atoms with Gasteiger partial charge in [0.05, 0.1) is 20.3 Å². The van der Waals surface area contributed by atoms with Gasteiger partial charge in [-0.1, -0.05) is 13.0 Å². The van der Waals surface area contributed by atoms with Gasteiger partial charge in [-0.25, -0.2) is 0 Å². The van der Waals surface area contributed by atoms with Crippen LogP contribution in [0.3, 0.4) is 0 Å². The van der Waals surface area contributed by atoms with E-state index in [1.807, 2.05) is 12.1 Å². The van der Waals surface area contributed by atoms with E-state index < -0.39 is 0 Å². The summed E-state index contributed by atoms with van der Waals surface area (Å²) in [5, 5.41) is 3.42. The summed E-state index contributed by atoms with van der Waals surface area (Å²) >= 11 is 0. The highest BCUT2D eigenvalue weighted by atomic mass is 16.5. The van der Waals surface area contributed by atoms with Gasteiger partial charge in [-0.2, -0.15) is 0 Å². The van der Waals surface area contributed by atoms with Crippen LogP contribution in [0.15, 0.2) is 18.2 Å². The van der Waals surface area contributed by atoms with Crippen LogP contribution < -0.4 is 14.8 Å². The molecule has 4 nitrogen and oxygen atoms in total. The average Bonchev–Trinajstić information content (AvgIpc) is 2.98. The number of methoxy groups -OCH3 is 1. The van der Waals surface area contributed by atoms with Gasteiger partial charge in [0.15, 0.2) is 0 Å². The van der Waals surface area contributed by atoms with Crippen molar-refractivity contribution in [2.45, 2.75) is 26.3 Å². The number of hydrogen-bond acceptors (Lipinski definition) is 4. The lowest BCUT2D eigenvalue weighted by Gasteiger charge is -2.19. The zero-order valence-corrected chi connectivity index (χ0v) is 12.6. The second kappa shape index (κ2) is 7.50. The van der Waals surface area contributed by atoms with Gasteiger partial charge in [0, 0.05) is 30.2 Å². The summed E-state index contributed by atoms with van der Waals surface area (Å²) in [7, 11) is 1.68. The topological polar surface area (TPSA) is 39.7 Å². The van der Waals surface area contributed by atoms with E-state index in [0.717, 1.165) is 37.7 Å². The fraction of sp³-hybridized carbons (Fsp3) is 0.625. The van der Waals surface area contributed by atoms with Crippen molar-refractivity contribution in [1.82, 2.24) is 5.32 Å². The van der Waals surface area contributed by atoms with Gasteiger partial charge in [0.25, 0.3) is 0 Å². The number of rotatable bonds is 7. The molecule has 1 aromatic rings. The number of nitrogens with one attached hydrogen (secondary N) is 1. The second-order valence-corrected chi connectivity index (χ2v) is 5.22. The van der Waals surface area contributed by atoms with Crippen molar-refractivity contribution in [1.29, 1.82) is 0 Å². The Labute approximate surface area is 121 Å². The first-order valence-corrected chi connectivity index (χ1v) is 7.36. The molecule has 4 heteroatoms. The Hall–Kier alpha value is -1.26. The first-order chi connectivity index (χ1) is 9.74. The maximum absolute atomic E-state index is 6.03. The number of benzene rings is 1. The third-order valence-corrected chi connectivity index (χ3v) is 3.70. The molecular formula is C16H25NO3. The predicted molar refractivity (Wildman–Crippen MR) is 79.5 cm³/mol. The Morgan fingerprint density at radius 1 is 1.45 bits per heavy atom. The van der Waals surface area contributed by atoms with E-state index in [1.165, 1.54) is 5.56 Å². The van der Waals surface area contributed by atoms with E-state index in [2.05, 4.69) is 25.2 Å². The molecule has 1 aliphatic rings. The van der Waals surface area contributed by atoms with Crippen LogP contribution >= 0.6 is 0 Å². The van der Waals surface area contributed by atoms with Crippen LogP contribution in [0.4, 0.5) is 0 Å². The van der Waals surface area contributed by atoms with E-state index in [0.29, 0.717) is 12.5 Å². The third kappa shape index (κ3) is 3.87. The Balaban J connectivity index is 2.09. The molecule has 0 aliphatic carbocycles. The van der Waals surface area contributed by atoms with Gasteiger partial charge < -0.3 is 19.5 Å². The second-order valence-electron chi connectivity index (χ2n) is 5.22. The minimum atomic E-state index is 0.265. The van der Waals surface area contributed by atoms with Gasteiger partial charge in [0.2, 0.25) is 0 Å². The third-order valence-electron chi connectivity index (χ3n) is 3.70. The van der Waals surface area contributed by atoms with Crippen LogP contribution in [-0.2, 0) is 4.74 Å². The summed E-state index contributed by atoms with van der Waals surface area (Å²) in [4.78, 5) is 0. The summed E-state index contributed by atoms with van der Waals surface area (Å²) in [5.41, 5.74) is 1.17. The molecular weight excluding hydrogens is 254 g/mol. The van der Waals surface area contributed by atoms with Crippen LogP contribution in [0.2, 0.25) is 0 Å². The van der Waals surface area contributed by atoms with E-state index >= 15 is 0 Å². The highest BCUT2D eigenvalue weighted by molar-refractivity contribution is 5.42. The summed E-state index contributed by atoms with van der Waals surface area (Å²) in [6.45, 7) is 7.56. The lowest BCUT2D eigenvalue weighted by molar-refractivity contribution is 0.166. The molecule has 1 aliphatic heterocycles. The zero-order valence-electron chi connectivity index (χ0n) is 12.6. The first kappa shape index (κ1) is 15.1. The lowest BCUT2D eigenvalue weighted by atomic mass is 10.1. The Bertz CT molecular complexity index is 416. The van der Waals surface area contributed by atoms with Crippen LogP contribution in [-0.4, -0.2) is 33.5 Å². The van der Waals surface area contributed by atoms with E-state index in [-0.39, 0.29) is 6.04 Å². The van der Waals surface area contributed by atoms with Crippen molar-refractivity contribution in [2.75, 3.05) is 33.5 Å². The van der Waals surface area contributed by atoms with E-state index in [4.69, 9.17) is 14.2 Å². The predicted octanol–water partition coefficient (Wildman–Crippen LogP) is 2.78. The molecule has 0 saturated carbocycles. The van der Waals surface area contributed by atoms with Crippen LogP contribution in [0, 0.1) is 5.92 Å². The Kier molecular flexibility index (Phi) is 5.68. The van der Waals surface area contributed by atoms with Crippen LogP contribution in [0.25, 0.3) is 0 Å². The molecule has 0 amide bonds. The Morgan fingerprint density at radius 2 is 2.30 bits per heavy atom. The monoisotopic (exact) mass is 279 g/mol. The Morgan fingerprint density at radius 3 is 2.95 bits per heavy atom. The zero-order chi connectivity index (χ0) is 14.4. The molecule has 0 aromatic heterocycles. The summed E-state index contributed by atoms with van der Waals surface area (Å²) in [5.74, 6) is 2.24. The first-order valence-electron chi connectivity index (χ1n) is 7.36. The van der Waals surface area contributed by atoms with E-state index in [9.17, 15) is 0 Å². The lowest BCUT2D eigenvalue weighted by Crippen LogP contribution is -2.19. The summed E-state index contributed by atoms with van der Waals surface area (Å²) in [6.07, 6.45) is 1.09. The fourth-order valence-electron chi connectivity index (χ4n) is 2.46. The maximum atomic E-state index is 6.03. The summed E-state index contributed by atoms with van der Waals surface area (Å²) < 4.78 is 16.7. The van der Waals surface area contributed by atoms with Crippen molar-refractivity contribution < 1.29 is 14.2 Å². The molecule has 0 bridgehead atoms. The summed E-state index contributed by atoms with van der Waals surface area (Å²) in [6, 6.07) is 6.29. The van der Waals surface area contributed by atoms with E-state index in [1.54, 1.807) is 7.11 Å². The normalized spacial score (nSPS) is 19.9. The van der Waals surface area contributed by atoms with Gasteiger partial charge in [-0.05, 0) is 26.0 Å². The maximum Gasteiger partial charge on any atom is 0.127 e. The number of hydrogen-bond donors (Lipinski definition) is 1. The molecule has 20 heavy (non-hydrogen) atoms. The molecule has 1 saturated heterocycles. The molecule has 1 heterocycles. The minimum absolute atomic E-state index is 0.265. The molecule has 0 spiro atoms. The van der Waals surface area contributed by atoms with Gasteiger partial charge in [-0.3, -0.25) is 0 Å². The molecule has 1 aromatic carbocycles. The van der Waals surface area contributed by atoms with Crippen LogP contribution in [0.5, 0.6) is 11.5 Å². The van der Waals surface area contributed by atoms with Crippen molar-refractivity contribution in [2.24, 2.45) is 5.92 Å². The smallest absolute Gasteiger partial charge is 0.127 e. The number of ether oxygens (including phenoxy) is 3. The minimum Gasteiger partial charge on any atom is -0.497 e. The molecule has 2 atom stereocenters. The van der Waals surface area contributed by atoms with Gasteiger partial charge in [-0.15, -0.1) is 0 Å². The van der Waals surface area contributed by atoms with Crippen molar-refractivity contribution in [3.63, 3.8) is 0 Å². The van der Waals surface area contributed by atoms with Crippen molar-refractivity contribution in [3.05, 3.63) is 23.8 Å². The standard InChI is InChI=1S/C16H25NO3/c1-4-17-12(2)15-6-5-14(18-3)9-16(15)20-11-13-7-8-19-10-13/h5-6,9,12-13,17H,4,7-8,10-11H2,1-3H3. The SMILES string of the molecule is CCNC(C)c1ccc(OC)cc1OCC1CCOC1. The quantitative estimate of drug-likeness (QED) is 0.833. The molecule has 112 valence electrons. The molecule has 0 radical (unpaired) electrons. The largest absolute Gasteiger partial charge is 0.497 e. The van der Waals surface area contributed by atoms with Crippen molar-refractivity contribution in [3.8, 4) is 11.5 Å². The highest BCUT2D eigenvalue weighted by Gasteiger charge is 2.18. The average molecular weight is 279 g/mol. The fourth-order valence-corrected chi connectivity index (χ4v) is 2.46. The molecule has 2 rings (SSSR count). The molecule has 2 unspecified atom stereocenters. The highest BCUT2D eigenvalue weighted by Crippen LogP contribution is 2.30.